The zero-order valence-electron chi connectivity index (χ0n) is 19.5. The summed E-state index contributed by atoms with van der Waals surface area (Å²) in [6, 6.07) is 26.8. The number of amides is 2. The van der Waals surface area contributed by atoms with Crippen LogP contribution in [0.25, 0.3) is 0 Å². The molecule has 0 bridgehead atoms. The summed E-state index contributed by atoms with van der Waals surface area (Å²) in [5, 5.41) is 3.61. The number of thioether (sulfide) groups is 1. The molecule has 3 aromatic carbocycles. The zero-order chi connectivity index (χ0) is 24.2. The molecule has 1 unspecified atom stereocenters. The van der Waals surface area contributed by atoms with E-state index in [1.54, 1.807) is 16.7 Å². The van der Waals surface area contributed by atoms with Gasteiger partial charge >= 0.3 is 0 Å². The monoisotopic (exact) mass is 494 g/mol. The summed E-state index contributed by atoms with van der Waals surface area (Å²) in [6.45, 7) is 2.91. The quantitative estimate of drug-likeness (QED) is 0.349. The average molecular weight is 495 g/mol. The van der Waals surface area contributed by atoms with Crippen molar-refractivity contribution in [3.8, 4) is 0 Å². The van der Waals surface area contributed by atoms with Crippen molar-refractivity contribution < 1.29 is 9.59 Å². The first kappa shape index (κ1) is 25.9. The van der Waals surface area contributed by atoms with E-state index in [2.05, 4.69) is 17.4 Å². The summed E-state index contributed by atoms with van der Waals surface area (Å²) in [5.74, 6) is 0.841. The summed E-state index contributed by atoms with van der Waals surface area (Å²) >= 11 is 7.77. The van der Waals surface area contributed by atoms with Gasteiger partial charge in [-0.3, -0.25) is 9.59 Å². The van der Waals surface area contributed by atoms with Crippen LogP contribution in [0.3, 0.4) is 0 Å². The van der Waals surface area contributed by atoms with Crippen LogP contribution in [0.15, 0.2) is 84.9 Å². The van der Waals surface area contributed by atoms with Gasteiger partial charge in [0.1, 0.15) is 6.04 Å². The molecule has 0 aliphatic rings. The van der Waals surface area contributed by atoms with Crippen molar-refractivity contribution in [2.24, 2.45) is 0 Å². The maximum absolute atomic E-state index is 13.5. The SMILES string of the molecule is CCCNC(=O)C(Cc1ccccc1)N(Cc1cccc(Cl)c1)C(=O)CSCc1ccccc1. The molecule has 0 aliphatic carbocycles. The van der Waals surface area contributed by atoms with E-state index in [4.69, 9.17) is 11.6 Å². The van der Waals surface area contributed by atoms with Gasteiger partial charge in [-0.2, -0.15) is 0 Å². The van der Waals surface area contributed by atoms with E-state index < -0.39 is 6.04 Å². The highest BCUT2D eigenvalue weighted by molar-refractivity contribution is 7.99. The molecule has 1 N–H and O–H groups in total. The van der Waals surface area contributed by atoms with Crippen LogP contribution in [-0.2, 0) is 28.3 Å². The summed E-state index contributed by atoms with van der Waals surface area (Å²) < 4.78 is 0. The van der Waals surface area contributed by atoms with E-state index in [-0.39, 0.29) is 11.8 Å². The van der Waals surface area contributed by atoms with E-state index in [1.807, 2.05) is 79.7 Å². The number of carbonyl (C=O) groups excluding carboxylic acids is 2. The van der Waals surface area contributed by atoms with Gasteiger partial charge in [0.2, 0.25) is 11.8 Å². The second-order valence-corrected chi connectivity index (χ2v) is 9.55. The first-order valence-corrected chi connectivity index (χ1v) is 13.1. The summed E-state index contributed by atoms with van der Waals surface area (Å²) in [4.78, 5) is 28.5. The normalized spacial score (nSPS) is 11.6. The van der Waals surface area contributed by atoms with Crippen molar-refractivity contribution in [2.45, 2.75) is 38.1 Å². The van der Waals surface area contributed by atoms with Crippen molar-refractivity contribution in [2.75, 3.05) is 12.3 Å². The first-order chi connectivity index (χ1) is 16.6. The highest BCUT2D eigenvalue weighted by atomic mass is 35.5. The van der Waals surface area contributed by atoms with Gasteiger partial charge in [0.25, 0.3) is 0 Å². The lowest BCUT2D eigenvalue weighted by Crippen LogP contribution is -2.51. The second kappa shape index (κ2) is 13.8. The smallest absolute Gasteiger partial charge is 0.243 e. The van der Waals surface area contributed by atoms with Crippen molar-refractivity contribution >= 4 is 35.2 Å². The fourth-order valence-electron chi connectivity index (χ4n) is 3.67. The molecule has 3 rings (SSSR count). The van der Waals surface area contributed by atoms with E-state index in [0.717, 1.165) is 23.3 Å². The van der Waals surface area contributed by atoms with E-state index in [0.29, 0.717) is 30.3 Å². The standard InChI is InChI=1S/C28H31ClN2O2S/c1-2-16-30-28(33)26(18-22-10-5-3-6-11-22)31(19-24-14-9-15-25(29)17-24)27(32)21-34-20-23-12-7-4-8-13-23/h3-15,17,26H,2,16,18-21H2,1H3,(H,30,33). The van der Waals surface area contributed by atoms with Crippen molar-refractivity contribution in [1.82, 2.24) is 10.2 Å². The Morgan fingerprint density at radius 2 is 1.56 bits per heavy atom. The van der Waals surface area contributed by atoms with Gasteiger partial charge in [0.05, 0.1) is 5.75 Å². The van der Waals surface area contributed by atoms with E-state index in [9.17, 15) is 9.59 Å². The lowest BCUT2D eigenvalue weighted by Gasteiger charge is -2.31. The van der Waals surface area contributed by atoms with Crippen molar-refractivity contribution in [1.29, 1.82) is 0 Å². The molecule has 0 radical (unpaired) electrons. The summed E-state index contributed by atoms with van der Waals surface area (Å²) in [5.41, 5.74) is 3.08. The van der Waals surface area contributed by atoms with Gasteiger partial charge in [-0.1, -0.05) is 91.3 Å². The molecule has 0 aromatic heterocycles. The predicted octanol–water partition coefficient (Wildman–Crippen LogP) is 5.74. The predicted molar refractivity (Wildman–Crippen MR) is 142 cm³/mol. The Balaban J connectivity index is 1.83. The maximum atomic E-state index is 13.5. The average Bonchev–Trinajstić information content (AvgIpc) is 2.86. The van der Waals surface area contributed by atoms with Crippen molar-refractivity contribution in [3.05, 3.63) is 107 Å². The molecule has 34 heavy (non-hydrogen) atoms. The van der Waals surface area contributed by atoms with Crippen LogP contribution in [0, 0.1) is 0 Å². The van der Waals surface area contributed by atoms with Gasteiger partial charge in [0.15, 0.2) is 0 Å². The Bertz CT molecular complexity index is 1050. The van der Waals surface area contributed by atoms with E-state index in [1.165, 1.54) is 5.56 Å². The summed E-state index contributed by atoms with van der Waals surface area (Å²) in [7, 11) is 0. The lowest BCUT2D eigenvalue weighted by atomic mass is 10.0. The molecule has 0 saturated carbocycles. The van der Waals surface area contributed by atoms with Crippen LogP contribution in [0.1, 0.15) is 30.0 Å². The second-order valence-electron chi connectivity index (χ2n) is 8.13. The Morgan fingerprint density at radius 1 is 0.912 bits per heavy atom. The third-order valence-electron chi connectivity index (χ3n) is 5.40. The highest BCUT2D eigenvalue weighted by Gasteiger charge is 2.30. The van der Waals surface area contributed by atoms with Crippen LogP contribution in [-0.4, -0.2) is 35.1 Å². The van der Waals surface area contributed by atoms with Crippen molar-refractivity contribution in [3.63, 3.8) is 0 Å². The molecular formula is C28H31ClN2O2S. The number of nitrogens with zero attached hydrogens (tertiary/aromatic N) is 1. The fourth-order valence-corrected chi connectivity index (χ4v) is 4.75. The molecule has 6 heteroatoms. The molecule has 0 aliphatic heterocycles. The number of hydrogen-bond donors (Lipinski definition) is 1. The Morgan fingerprint density at radius 3 is 2.21 bits per heavy atom. The molecule has 3 aromatic rings. The van der Waals surface area contributed by atoms with E-state index >= 15 is 0 Å². The minimum absolute atomic E-state index is 0.0616. The number of halogens is 1. The van der Waals surface area contributed by atoms with Crippen LogP contribution >= 0.6 is 23.4 Å². The number of carbonyl (C=O) groups is 2. The zero-order valence-corrected chi connectivity index (χ0v) is 21.0. The third-order valence-corrected chi connectivity index (χ3v) is 6.62. The highest BCUT2D eigenvalue weighted by Crippen LogP contribution is 2.20. The molecule has 0 spiro atoms. The largest absolute Gasteiger partial charge is 0.354 e. The summed E-state index contributed by atoms with van der Waals surface area (Å²) in [6.07, 6.45) is 1.28. The fraction of sp³-hybridized carbons (Fsp3) is 0.286. The minimum atomic E-state index is -0.613. The van der Waals surface area contributed by atoms with Gasteiger partial charge in [-0.05, 0) is 35.2 Å². The van der Waals surface area contributed by atoms with Gasteiger partial charge in [-0.25, -0.2) is 0 Å². The number of hydrogen-bond acceptors (Lipinski definition) is 3. The number of rotatable bonds is 12. The topological polar surface area (TPSA) is 49.4 Å². The Kier molecular flexibility index (Phi) is 10.5. The number of nitrogens with one attached hydrogen (secondary N) is 1. The molecule has 178 valence electrons. The van der Waals surface area contributed by atoms with Gasteiger partial charge < -0.3 is 10.2 Å². The molecular weight excluding hydrogens is 464 g/mol. The lowest BCUT2D eigenvalue weighted by molar-refractivity contribution is -0.139. The van der Waals surface area contributed by atoms with Crippen LogP contribution in [0.5, 0.6) is 0 Å². The molecule has 0 saturated heterocycles. The number of benzene rings is 3. The Hall–Kier alpha value is -2.76. The molecule has 0 fully saturated rings. The van der Waals surface area contributed by atoms with Crippen LogP contribution < -0.4 is 5.32 Å². The Labute approximate surface area is 211 Å². The first-order valence-electron chi connectivity index (χ1n) is 11.5. The molecule has 1 atom stereocenters. The van der Waals surface area contributed by atoms with Gasteiger partial charge in [0, 0.05) is 30.3 Å². The van der Waals surface area contributed by atoms with Crippen LogP contribution in [0.4, 0.5) is 0 Å². The molecule has 4 nitrogen and oxygen atoms in total. The van der Waals surface area contributed by atoms with Crippen LogP contribution in [0.2, 0.25) is 5.02 Å². The molecule has 2 amide bonds. The maximum Gasteiger partial charge on any atom is 0.243 e. The molecule has 0 heterocycles. The van der Waals surface area contributed by atoms with Gasteiger partial charge in [-0.15, -0.1) is 11.8 Å². The minimum Gasteiger partial charge on any atom is -0.354 e. The third kappa shape index (κ3) is 8.23.